The molecule has 0 fully saturated rings. The lowest BCUT2D eigenvalue weighted by atomic mass is 10.2. The molecule has 160 valence electrons. The van der Waals surface area contributed by atoms with Gasteiger partial charge in [0.15, 0.2) is 11.5 Å². The Kier molecular flexibility index (Phi) is 6.19. The van der Waals surface area contributed by atoms with E-state index in [0.717, 1.165) is 4.68 Å². The Balaban J connectivity index is 2.08. The lowest BCUT2D eigenvalue weighted by Crippen LogP contribution is -2.31. The molecule has 0 unspecified atom stereocenters. The predicted octanol–water partition coefficient (Wildman–Crippen LogP) is 0.614. The number of anilines is 2. The highest BCUT2D eigenvalue weighted by Crippen LogP contribution is 2.26. The number of amides is 2. The highest BCUT2D eigenvalue weighted by Gasteiger charge is 2.23. The number of nitrogen functional groups attached to an aromatic ring is 1. The molecule has 3 rings (SSSR count). The van der Waals surface area contributed by atoms with E-state index in [1.165, 1.54) is 25.4 Å². The zero-order valence-electron chi connectivity index (χ0n) is 16.7. The van der Waals surface area contributed by atoms with Crippen molar-refractivity contribution >= 4 is 46.4 Å². The normalized spacial score (nSPS) is 10.5. The van der Waals surface area contributed by atoms with Gasteiger partial charge < -0.3 is 21.1 Å². The fourth-order valence-electron chi connectivity index (χ4n) is 2.64. The molecule has 0 spiro atoms. The molecule has 4 N–H and O–H groups in total. The van der Waals surface area contributed by atoms with Crippen molar-refractivity contribution in [3.05, 3.63) is 41.7 Å². The third-order valence-corrected chi connectivity index (χ3v) is 4.06. The number of ether oxygens (including phenoxy) is 1. The average molecular weight is 425 g/mol. The second-order valence-electron chi connectivity index (χ2n) is 6.27. The van der Waals surface area contributed by atoms with E-state index in [0.29, 0.717) is 0 Å². The van der Waals surface area contributed by atoms with Gasteiger partial charge in [-0.15, -0.1) is 5.10 Å². The molecule has 12 nitrogen and oxygen atoms in total. The van der Waals surface area contributed by atoms with Gasteiger partial charge in [-0.05, 0) is 25.1 Å². The number of fused-ring (bicyclic) bond motifs is 1. The molecule has 0 aliphatic carbocycles. The van der Waals surface area contributed by atoms with Gasteiger partial charge in [0.25, 0.3) is 11.8 Å². The Bertz CT molecular complexity index is 1170. The molecule has 3 heterocycles. The first kappa shape index (κ1) is 21.4. The summed E-state index contributed by atoms with van der Waals surface area (Å²) in [5.41, 5.74) is 6.10. The van der Waals surface area contributed by atoms with E-state index < -0.39 is 23.7 Å². The zero-order chi connectivity index (χ0) is 22.5. The Hall–Kier alpha value is -4.35. The third-order valence-electron chi connectivity index (χ3n) is 4.06. The SMILES string of the molecule is CCOC(=O)c1cc2c(NC(=O)c3cccnc3)nn(C(=O)CNC(C)=O)c2nc1N. The van der Waals surface area contributed by atoms with Gasteiger partial charge in [-0.3, -0.25) is 19.4 Å². The van der Waals surface area contributed by atoms with Crippen molar-refractivity contribution in [1.29, 1.82) is 0 Å². The number of hydrogen-bond donors (Lipinski definition) is 3. The predicted molar refractivity (Wildman–Crippen MR) is 109 cm³/mol. The summed E-state index contributed by atoms with van der Waals surface area (Å²) in [7, 11) is 0. The van der Waals surface area contributed by atoms with Crippen LogP contribution < -0.4 is 16.4 Å². The average Bonchev–Trinajstić information content (AvgIpc) is 3.09. The van der Waals surface area contributed by atoms with Crippen LogP contribution in [0, 0.1) is 0 Å². The molecule has 3 aromatic rings. The summed E-state index contributed by atoms with van der Waals surface area (Å²) in [6.07, 6.45) is 2.87. The number of carbonyl (C=O) groups excluding carboxylic acids is 4. The van der Waals surface area contributed by atoms with Crippen molar-refractivity contribution < 1.29 is 23.9 Å². The van der Waals surface area contributed by atoms with E-state index in [4.69, 9.17) is 10.5 Å². The number of aromatic nitrogens is 4. The minimum Gasteiger partial charge on any atom is -0.462 e. The second-order valence-corrected chi connectivity index (χ2v) is 6.27. The molecule has 0 saturated heterocycles. The summed E-state index contributed by atoms with van der Waals surface area (Å²) in [4.78, 5) is 56.5. The summed E-state index contributed by atoms with van der Waals surface area (Å²) >= 11 is 0. The van der Waals surface area contributed by atoms with Crippen molar-refractivity contribution in [3.63, 3.8) is 0 Å². The van der Waals surface area contributed by atoms with Crippen LogP contribution in [-0.4, -0.2) is 56.6 Å². The van der Waals surface area contributed by atoms with Gasteiger partial charge in [-0.1, -0.05) is 0 Å². The summed E-state index contributed by atoms with van der Waals surface area (Å²) in [5, 5.41) is 9.24. The van der Waals surface area contributed by atoms with E-state index in [1.54, 1.807) is 19.1 Å². The minimum absolute atomic E-state index is 0.00221. The van der Waals surface area contributed by atoms with Gasteiger partial charge in [0.2, 0.25) is 5.91 Å². The van der Waals surface area contributed by atoms with Crippen LogP contribution in [0.3, 0.4) is 0 Å². The third kappa shape index (κ3) is 4.63. The highest BCUT2D eigenvalue weighted by atomic mass is 16.5. The van der Waals surface area contributed by atoms with Crippen LogP contribution >= 0.6 is 0 Å². The molecule has 0 aliphatic heterocycles. The summed E-state index contributed by atoms with van der Waals surface area (Å²) in [6, 6.07) is 4.47. The number of nitrogens with one attached hydrogen (secondary N) is 2. The first-order valence-corrected chi connectivity index (χ1v) is 9.17. The molecule has 3 aromatic heterocycles. The molecular weight excluding hydrogens is 406 g/mol. The standard InChI is InChI=1S/C19H19N7O5/c1-3-31-19(30)12-7-13-16(24-18(29)11-5-4-6-21-8-11)25-26(17(13)23-15(12)20)14(28)9-22-10(2)27/h4-8H,3,9H2,1-2H3,(H2,20,23)(H,22,27)(H,24,25,29). The van der Waals surface area contributed by atoms with E-state index in [9.17, 15) is 19.2 Å². The van der Waals surface area contributed by atoms with E-state index in [1.807, 2.05) is 0 Å². The maximum Gasteiger partial charge on any atom is 0.341 e. The fraction of sp³-hybridized carbons (Fsp3) is 0.211. The van der Waals surface area contributed by atoms with Crippen molar-refractivity contribution in [2.24, 2.45) is 0 Å². The largest absolute Gasteiger partial charge is 0.462 e. The van der Waals surface area contributed by atoms with Crippen LogP contribution in [0.1, 0.15) is 39.4 Å². The molecule has 0 aromatic carbocycles. The number of carbonyl (C=O) groups is 4. The van der Waals surface area contributed by atoms with Gasteiger partial charge in [0, 0.05) is 19.3 Å². The first-order chi connectivity index (χ1) is 14.8. The van der Waals surface area contributed by atoms with Crippen LogP contribution in [0.15, 0.2) is 30.6 Å². The molecule has 12 heteroatoms. The molecule has 0 radical (unpaired) electrons. The summed E-state index contributed by atoms with van der Waals surface area (Å²) in [5.74, 6) is -2.49. The van der Waals surface area contributed by atoms with Crippen LogP contribution in [-0.2, 0) is 9.53 Å². The molecule has 0 aliphatic rings. The quantitative estimate of drug-likeness (QED) is 0.479. The molecule has 0 bridgehead atoms. The van der Waals surface area contributed by atoms with E-state index in [2.05, 4.69) is 25.7 Å². The number of pyridine rings is 2. The monoisotopic (exact) mass is 425 g/mol. The first-order valence-electron chi connectivity index (χ1n) is 9.17. The molecule has 0 saturated carbocycles. The van der Waals surface area contributed by atoms with Crippen LogP contribution in [0.25, 0.3) is 11.0 Å². The fourth-order valence-corrected chi connectivity index (χ4v) is 2.64. The van der Waals surface area contributed by atoms with Gasteiger partial charge in [-0.25, -0.2) is 9.78 Å². The Morgan fingerprint density at radius 1 is 1.26 bits per heavy atom. The van der Waals surface area contributed by atoms with Gasteiger partial charge in [0.05, 0.1) is 24.1 Å². The van der Waals surface area contributed by atoms with Crippen LogP contribution in [0.4, 0.5) is 11.6 Å². The van der Waals surface area contributed by atoms with Crippen molar-refractivity contribution in [2.45, 2.75) is 13.8 Å². The molecule has 31 heavy (non-hydrogen) atoms. The van der Waals surface area contributed by atoms with Crippen molar-refractivity contribution in [3.8, 4) is 0 Å². The molecule has 0 atom stereocenters. The van der Waals surface area contributed by atoms with Gasteiger partial charge in [-0.2, -0.15) is 4.68 Å². The number of hydrogen-bond acceptors (Lipinski definition) is 9. The topological polar surface area (TPSA) is 171 Å². The Morgan fingerprint density at radius 3 is 2.68 bits per heavy atom. The van der Waals surface area contributed by atoms with E-state index >= 15 is 0 Å². The van der Waals surface area contributed by atoms with Gasteiger partial charge >= 0.3 is 5.97 Å². The Labute approximate surface area is 175 Å². The van der Waals surface area contributed by atoms with Crippen LogP contribution in [0.5, 0.6) is 0 Å². The number of nitrogens with two attached hydrogens (primary N) is 1. The summed E-state index contributed by atoms with van der Waals surface area (Å²) in [6.45, 7) is 2.66. The lowest BCUT2D eigenvalue weighted by molar-refractivity contribution is -0.118. The van der Waals surface area contributed by atoms with E-state index in [-0.39, 0.29) is 46.9 Å². The Morgan fingerprint density at radius 2 is 2.03 bits per heavy atom. The molecule has 2 amide bonds. The summed E-state index contributed by atoms with van der Waals surface area (Å²) < 4.78 is 5.87. The zero-order valence-corrected chi connectivity index (χ0v) is 16.7. The van der Waals surface area contributed by atoms with Crippen molar-refractivity contribution in [2.75, 3.05) is 24.2 Å². The minimum atomic E-state index is -0.712. The molecular formula is C19H19N7O5. The highest BCUT2D eigenvalue weighted by molar-refractivity contribution is 6.10. The van der Waals surface area contributed by atoms with Crippen molar-refractivity contribution in [1.82, 2.24) is 25.1 Å². The van der Waals surface area contributed by atoms with Crippen LogP contribution in [0.2, 0.25) is 0 Å². The smallest absolute Gasteiger partial charge is 0.341 e. The number of nitrogens with zero attached hydrogens (tertiary/aromatic N) is 4. The lowest BCUT2D eigenvalue weighted by Gasteiger charge is -2.06. The maximum absolute atomic E-state index is 12.6. The second kappa shape index (κ2) is 8.98. The maximum atomic E-state index is 12.6. The van der Waals surface area contributed by atoms with Gasteiger partial charge in [0.1, 0.15) is 11.4 Å². The number of esters is 1. The number of rotatable bonds is 6.